The van der Waals surface area contributed by atoms with Crippen LogP contribution in [0.3, 0.4) is 0 Å². The highest BCUT2D eigenvalue weighted by Gasteiger charge is 2.13. The summed E-state index contributed by atoms with van der Waals surface area (Å²) in [5, 5.41) is 4.43. The molecule has 0 saturated carbocycles. The fraction of sp³-hybridized carbons (Fsp3) is 0.400. The van der Waals surface area contributed by atoms with Gasteiger partial charge in [0.15, 0.2) is 0 Å². The van der Waals surface area contributed by atoms with Crippen LogP contribution in [0.4, 0.5) is 10.1 Å². The smallest absolute Gasteiger partial charge is 0.143 e. The summed E-state index contributed by atoms with van der Waals surface area (Å²) in [6, 6.07) is 3.07. The minimum absolute atomic E-state index is 0.137. The molecular formula is C15H18ClFN2. The number of anilines is 1. The normalized spacial score (nSPS) is 11.0. The summed E-state index contributed by atoms with van der Waals surface area (Å²) in [6.07, 6.45) is 1.85. The van der Waals surface area contributed by atoms with Gasteiger partial charge in [-0.3, -0.25) is 4.98 Å². The lowest BCUT2D eigenvalue weighted by Crippen LogP contribution is -2.06. The van der Waals surface area contributed by atoms with Crippen molar-refractivity contribution in [3.05, 3.63) is 34.2 Å². The molecule has 0 amide bonds. The van der Waals surface area contributed by atoms with Crippen molar-refractivity contribution >= 4 is 28.2 Å². The topological polar surface area (TPSA) is 24.9 Å². The van der Waals surface area contributed by atoms with Crippen LogP contribution in [0, 0.1) is 12.7 Å². The predicted octanol–water partition coefficient (Wildman–Crippen LogP) is 4.72. The van der Waals surface area contributed by atoms with Crippen molar-refractivity contribution in [2.75, 3.05) is 11.9 Å². The largest absolute Gasteiger partial charge is 0.384 e. The van der Waals surface area contributed by atoms with Gasteiger partial charge in [0, 0.05) is 29.4 Å². The van der Waals surface area contributed by atoms with Crippen molar-refractivity contribution in [1.82, 2.24) is 4.98 Å². The molecule has 0 aliphatic carbocycles. The Hall–Kier alpha value is -1.35. The third-order valence-corrected chi connectivity index (χ3v) is 3.55. The Balaban J connectivity index is 2.71. The van der Waals surface area contributed by atoms with E-state index in [2.05, 4.69) is 24.1 Å². The van der Waals surface area contributed by atoms with E-state index in [0.29, 0.717) is 5.52 Å². The second-order valence-electron chi connectivity index (χ2n) is 4.62. The van der Waals surface area contributed by atoms with E-state index in [1.165, 1.54) is 6.07 Å². The van der Waals surface area contributed by atoms with E-state index in [1.807, 2.05) is 6.92 Å². The number of benzene rings is 1. The van der Waals surface area contributed by atoms with E-state index in [-0.39, 0.29) is 5.02 Å². The van der Waals surface area contributed by atoms with Gasteiger partial charge in [-0.25, -0.2) is 4.39 Å². The number of aromatic nitrogens is 1. The van der Waals surface area contributed by atoms with Crippen LogP contribution in [-0.2, 0) is 6.42 Å². The quantitative estimate of drug-likeness (QED) is 0.876. The first-order valence-electron chi connectivity index (χ1n) is 6.60. The van der Waals surface area contributed by atoms with E-state index in [4.69, 9.17) is 11.6 Å². The molecular weight excluding hydrogens is 263 g/mol. The van der Waals surface area contributed by atoms with Gasteiger partial charge < -0.3 is 5.32 Å². The molecule has 4 heteroatoms. The van der Waals surface area contributed by atoms with Crippen LogP contribution in [0.5, 0.6) is 0 Å². The summed E-state index contributed by atoms with van der Waals surface area (Å²) in [5.74, 6) is -0.422. The highest BCUT2D eigenvalue weighted by Crippen LogP contribution is 2.31. The summed E-state index contributed by atoms with van der Waals surface area (Å²) in [7, 11) is 0. The van der Waals surface area contributed by atoms with Gasteiger partial charge in [0.1, 0.15) is 5.82 Å². The van der Waals surface area contributed by atoms with Crippen molar-refractivity contribution in [3.63, 3.8) is 0 Å². The number of aryl methyl sites for hydroxylation is 1. The van der Waals surface area contributed by atoms with Crippen LogP contribution in [0.25, 0.3) is 10.9 Å². The summed E-state index contributed by atoms with van der Waals surface area (Å²) >= 11 is 5.89. The van der Waals surface area contributed by atoms with Gasteiger partial charge in [-0.05, 0) is 31.4 Å². The predicted molar refractivity (Wildman–Crippen MR) is 79.6 cm³/mol. The summed E-state index contributed by atoms with van der Waals surface area (Å²) in [4.78, 5) is 4.53. The Morgan fingerprint density at radius 3 is 2.68 bits per heavy atom. The number of nitrogens with one attached hydrogen (secondary N) is 1. The standard InChI is InChI=1S/C15H18ClFN2/c1-4-6-18-15-9(3)13(5-2)19-14-8-12(17)11(16)7-10(14)15/h7-8H,4-6H2,1-3H3,(H,18,19). The maximum Gasteiger partial charge on any atom is 0.143 e. The first kappa shape index (κ1) is 14.1. The maximum absolute atomic E-state index is 13.6. The summed E-state index contributed by atoms with van der Waals surface area (Å²) in [6.45, 7) is 7.08. The fourth-order valence-corrected chi connectivity index (χ4v) is 2.39. The molecule has 0 saturated heterocycles. The SMILES string of the molecule is CCCNc1c(C)c(CC)nc2cc(F)c(Cl)cc12. The third-order valence-electron chi connectivity index (χ3n) is 3.26. The molecule has 0 aliphatic heterocycles. The number of hydrogen-bond donors (Lipinski definition) is 1. The molecule has 0 unspecified atom stereocenters. The molecule has 19 heavy (non-hydrogen) atoms. The first-order valence-corrected chi connectivity index (χ1v) is 6.98. The monoisotopic (exact) mass is 280 g/mol. The van der Waals surface area contributed by atoms with Crippen LogP contribution >= 0.6 is 11.6 Å². The van der Waals surface area contributed by atoms with Crippen molar-refractivity contribution < 1.29 is 4.39 Å². The number of nitrogens with zero attached hydrogens (tertiary/aromatic N) is 1. The molecule has 0 fully saturated rings. The highest BCUT2D eigenvalue weighted by atomic mass is 35.5. The highest BCUT2D eigenvalue weighted by molar-refractivity contribution is 6.31. The molecule has 102 valence electrons. The number of rotatable bonds is 4. The third kappa shape index (κ3) is 2.66. The molecule has 0 spiro atoms. The van der Waals surface area contributed by atoms with Crippen molar-refractivity contribution in [1.29, 1.82) is 0 Å². The zero-order valence-corrected chi connectivity index (χ0v) is 12.2. The van der Waals surface area contributed by atoms with Crippen molar-refractivity contribution in [3.8, 4) is 0 Å². The average Bonchev–Trinajstić information content (AvgIpc) is 2.39. The molecule has 0 bridgehead atoms. The van der Waals surface area contributed by atoms with E-state index in [9.17, 15) is 4.39 Å². The summed E-state index contributed by atoms with van der Waals surface area (Å²) < 4.78 is 13.6. The number of pyridine rings is 1. The lowest BCUT2D eigenvalue weighted by Gasteiger charge is -2.15. The van der Waals surface area contributed by atoms with E-state index < -0.39 is 5.82 Å². The second-order valence-corrected chi connectivity index (χ2v) is 5.03. The lowest BCUT2D eigenvalue weighted by molar-refractivity contribution is 0.629. The zero-order valence-electron chi connectivity index (χ0n) is 11.5. The molecule has 0 radical (unpaired) electrons. The van der Waals surface area contributed by atoms with Gasteiger partial charge in [-0.15, -0.1) is 0 Å². The second kappa shape index (κ2) is 5.74. The zero-order chi connectivity index (χ0) is 14.0. The molecule has 0 atom stereocenters. The molecule has 0 aliphatic rings. The molecule has 2 rings (SSSR count). The van der Waals surface area contributed by atoms with Gasteiger partial charge in [0.05, 0.1) is 10.5 Å². The van der Waals surface area contributed by atoms with E-state index in [1.54, 1.807) is 6.07 Å². The van der Waals surface area contributed by atoms with Gasteiger partial charge in [-0.1, -0.05) is 25.4 Å². The minimum atomic E-state index is -0.422. The van der Waals surface area contributed by atoms with Gasteiger partial charge in [-0.2, -0.15) is 0 Å². The lowest BCUT2D eigenvalue weighted by atomic mass is 10.0. The number of hydrogen-bond acceptors (Lipinski definition) is 2. The molecule has 1 aromatic carbocycles. The maximum atomic E-state index is 13.6. The van der Waals surface area contributed by atoms with Crippen molar-refractivity contribution in [2.24, 2.45) is 0 Å². The van der Waals surface area contributed by atoms with Crippen LogP contribution in [0.2, 0.25) is 5.02 Å². The Labute approximate surface area is 118 Å². The van der Waals surface area contributed by atoms with Gasteiger partial charge in [0.25, 0.3) is 0 Å². The fourth-order valence-electron chi connectivity index (χ4n) is 2.23. The van der Waals surface area contributed by atoms with E-state index in [0.717, 1.165) is 41.7 Å². The van der Waals surface area contributed by atoms with Gasteiger partial charge in [0.2, 0.25) is 0 Å². The summed E-state index contributed by atoms with van der Waals surface area (Å²) in [5.41, 5.74) is 3.78. The van der Waals surface area contributed by atoms with Crippen LogP contribution in [-0.4, -0.2) is 11.5 Å². The number of fused-ring (bicyclic) bond motifs is 1. The van der Waals surface area contributed by atoms with Crippen molar-refractivity contribution in [2.45, 2.75) is 33.6 Å². The Kier molecular flexibility index (Phi) is 4.25. The first-order chi connectivity index (χ1) is 9.08. The molecule has 2 aromatic rings. The minimum Gasteiger partial charge on any atom is -0.384 e. The Morgan fingerprint density at radius 1 is 1.32 bits per heavy atom. The van der Waals surface area contributed by atoms with Crippen LogP contribution in [0.15, 0.2) is 12.1 Å². The van der Waals surface area contributed by atoms with Crippen LogP contribution < -0.4 is 5.32 Å². The molecule has 1 heterocycles. The molecule has 1 N–H and O–H groups in total. The average molecular weight is 281 g/mol. The molecule has 2 nitrogen and oxygen atoms in total. The Morgan fingerprint density at radius 2 is 2.05 bits per heavy atom. The van der Waals surface area contributed by atoms with Crippen LogP contribution in [0.1, 0.15) is 31.5 Å². The van der Waals surface area contributed by atoms with Gasteiger partial charge >= 0.3 is 0 Å². The number of halogens is 2. The molecule has 1 aromatic heterocycles. The van der Waals surface area contributed by atoms with E-state index >= 15 is 0 Å². The Bertz CT molecular complexity index is 611.